The molecule has 2 amide bonds. The van der Waals surface area contributed by atoms with E-state index in [0.717, 1.165) is 11.1 Å². The summed E-state index contributed by atoms with van der Waals surface area (Å²) in [7, 11) is 1.21. The lowest BCUT2D eigenvalue weighted by Gasteiger charge is -2.31. The van der Waals surface area contributed by atoms with E-state index in [2.05, 4.69) is 20.5 Å². The summed E-state index contributed by atoms with van der Waals surface area (Å²) in [6.07, 6.45) is 0.470. The first-order valence-corrected chi connectivity index (χ1v) is 11.2. The zero-order chi connectivity index (χ0) is 26.9. The molecule has 1 heterocycles. The molecule has 12 heteroatoms. The number of ether oxygens (including phenoxy) is 2. The molecule has 1 aromatic heterocycles. The lowest BCUT2D eigenvalue weighted by molar-refractivity contribution is -0.143. The molecule has 0 unspecified atom stereocenters. The minimum atomic E-state index is -1.07. The van der Waals surface area contributed by atoms with Crippen LogP contribution >= 0.6 is 0 Å². The highest BCUT2D eigenvalue weighted by molar-refractivity contribution is 5.89. The Kier molecular flexibility index (Phi) is 9.39. The third-order valence-corrected chi connectivity index (χ3v) is 5.41. The first-order valence-electron chi connectivity index (χ1n) is 11.2. The second kappa shape index (κ2) is 12.7. The van der Waals surface area contributed by atoms with Gasteiger partial charge in [-0.3, -0.25) is 19.9 Å². The molecule has 3 rings (SSSR count). The summed E-state index contributed by atoms with van der Waals surface area (Å²) in [5.41, 5.74) is 2.68. The standard InChI is InChI=1S/C25H25F3N4O5/c1-15(33)32(30-13-17-4-3-5-21(27)24(17)28)20(8-9-23(34)36-2)14-37-25(35)31-22-11-18-10-19(26)7-6-16(18)12-29-22/h3-7,10-12,20,30H,8-9,13-14H2,1-2H3,(H,29,31,35)/t20-/m0/s1. The number of pyridine rings is 1. The molecule has 2 aromatic carbocycles. The van der Waals surface area contributed by atoms with Gasteiger partial charge in [0.25, 0.3) is 0 Å². The molecule has 0 aliphatic heterocycles. The number of hydrogen-bond donors (Lipinski definition) is 2. The van der Waals surface area contributed by atoms with Gasteiger partial charge in [-0.2, -0.15) is 0 Å². The van der Waals surface area contributed by atoms with E-state index >= 15 is 0 Å². The van der Waals surface area contributed by atoms with Crippen LogP contribution in [0, 0.1) is 17.5 Å². The normalized spacial score (nSPS) is 11.6. The number of carbonyl (C=O) groups is 3. The molecule has 0 radical (unpaired) electrons. The predicted molar refractivity (Wildman–Crippen MR) is 127 cm³/mol. The van der Waals surface area contributed by atoms with Crippen LogP contribution in [-0.2, 0) is 25.6 Å². The maximum Gasteiger partial charge on any atom is 0.412 e. The molecular weight excluding hydrogens is 493 g/mol. The molecule has 1 atom stereocenters. The van der Waals surface area contributed by atoms with E-state index in [1.165, 1.54) is 50.6 Å². The van der Waals surface area contributed by atoms with Crippen LogP contribution in [0.15, 0.2) is 48.7 Å². The van der Waals surface area contributed by atoms with Gasteiger partial charge in [-0.05, 0) is 42.1 Å². The maximum atomic E-state index is 14.1. The van der Waals surface area contributed by atoms with Gasteiger partial charge in [0.05, 0.1) is 13.2 Å². The van der Waals surface area contributed by atoms with Gasteiger partial charge in [0.1, 0.15) is 18.2 Å². The minimum absolute atomic E-state index is 0.0320. The number of hydrazine groups is 1. The second-order valence-electron chi connectivity index (χ2n) is 7.99. The van der Waals surface area contributed by atoms with Gasteiger partial charge in [0, 0.05) is 37.0 Å². The van der Waals surface area contributed by atoms with Gasteiger partial charge in [-0.15, -0.1) is 0 Å². The molecule has 3 aromatic rings. The van der Waals surface area contributed by atoms with Gasteiger partial charge in [-0.1, -0.05) is 12.1 Å². The lowest BCUT2D eigenvalue weighted by Crippen LogP contribution is -2.50. The van der Waals surface area contributed by atoms with Crippen LogP contribution in [0.4, 0.5) is 23.8 Å². The third-order valence-electron chi connectivity index (χ3n) is 5.41. The highest BCUT2D eigenvalue weighted by Gasteiger charge is 2.25. The number of fused-ring (bicyclic) bond motifs is 1. The zero-order valence-electron chi connectivity index (χ0n) is 20.1. The minimum Gasteiger partial charge on any atom is -0.469 e. The molecule has 0 saturated heterocycles. The number of esters is 1. The Morgan fingerprint density at radius 3 is 2.59 bits per heavy atom. The highest BCUT2D eigenvalue weighted by atomic mass is 19.2. The molecule has 196 valence electrons. The number of anilines is 1. The van der Waals surface area contributed by atoms with Crippen molar-refractivity contribution in [3.8, 4) is 0 Å². The van der Waals surface area contributed by atoms with E-state index in [4.69, 9.17) is 4.74 Å². The van der Waals surface area contributed by atoms with Crippen molar-refractivity contribution in [2.45, 2.75) is 32.4 Å². The van der Waals surface area contributed by atoms with Crippen molar-refractivity contribution in [3.63, 3.8) is 0 Å². The fourth-order valence-corrected chi connectivity index (χ4v) is 3.52. The van der Waals surface area contributed by atoms with Crippen molar-refractivity contribution in [2.75, 3.05) is 19.0 Å². The maximum absolute atomic E-state index is 14.1. The molecule has 2 N–H and O–H groups in total. The van der Waals surface area contributed by atoms with E-state index in [0.29, 0.717) is 10.8 Å². The Morgan fingerprint density at radius 1 is 1.08 bits per heavy atom. The summed E-state index contributed by atoms with van der Waals surface area (Å²) in [5, 5.41) is 4.68. The number of halogens is 3. The van der Waals surface area contributed by atoms with Crippen molar-refractivity contribution in [3.05, 3.63) is 71.7 Å². The lowest BCUT2D eigenvalue weighted by atomic mass is 10.1. The number of carbonyl (C=O) groups excluding carboxylic acids is 3. The fourth-order valence-electron chi connectivity index (χ4n) is 3.52. The molecule has 37 heavy (non-hydrogen) atoms. The van der Waals surface area contributed by atoms with E-state index in [9.17, 15) is 27.6 Å². The van der Waals surface area contributed by atoms with Crippen LogP contribution in [0.1, 0.15) is 25.3 Å². The van der Waals surface area contributed by atoms with Crippen molar-refractivity contribution >= 4 is 34.6 Å². The van der Waals surface area contributed by atoms with Crippen LogP contribution in [0.5, 0.6) is 0 Å². The number of benzene rings is 2. The van der Waals surface area contributed by atoms with Crippen LogP contribution < -0.4 is 10.7 Å². The SMILES string of the molecule is COC(=O)CC[C@@H](COC(=O)Nc1cc2cc(F)ccc2cn1)N(NCc1cccc(F)c1F)C(C)=O. The van der Waals surface area contributed by atoms with E-state index in [1.54, 1.807) is 6.07 Å². The molecule has 0 bridgehead atoms. The van der Waals surface area contributed by atoms with Gasteiger partial charge >= 0.3 is 12.1 Å². The fraction of sp³-hybridized carbons (Fsp3) is 0.280. The molecular formula is C25H25F3N4O5. The van der Waals surface area contributed by atoms with Gasteiger partial charge < -0.3 is 9.47 Å². The third kappa shape index (κ3) is 7.64. The van der Waals surface area contributed by atoms with Crippen molar-refractivity contribution < 1.29 is 37.0 Å². The summed E-state index contributed by atoms with van der Waals surface area (Å²) < 4.78 is 51.0. The second-order valence-corrected chi connectivity index (χ2v) is 7.99. The Morgan fingerprint density at radius 2 is 1.86 bits per heavy atom. The number of methoxy groups -OCH3 is 1. The van der Waals surface area contributed by atoms with Crippen LogP contribution in [0.25, 0.3) is 10.8 Å². The number of aromatic nitrogens is 1. The van der Waals surface area contributed by atoms with Crippen LogP contribution in [-0.4, -0.2) is 47.7 Å². The average Bonchev–Trinajstić information content (AvgIpc) is 2.86. The number of rotatable bonds is 10. The van der Waals surface area contributed by atoms with Gasteiger partial charge in [0.15, 0.2) is 11.6 Å². The number of nitrogens with zero attached hydrogens (tertiary/aromatic N) is 2. The van der Waals surface area contributed by atoms with Gasteiger partial charge in [-0.25, -0.2) is 28.4 Å². The predicted octanol–water partition coefficient (Wildman–Crippen LogP) is 4.08. The Labute approximate surface area is 210 Å². The Bertz CT molecular complexity index is 1290. The summed E-state index contributed by atoms with van der Waals surface area (Å²) in [5.74, 6) is -3.52. The highest BCUT2D eigenvalue weighted by Crippen LogP contribution is 2.18. The molecule has 0 aliphatic rings. The smallest absolute Gasteiger partial charge is 0.412 e. The summed E-state index contributed by atoms with van der Waals surface area (Å²) in [4.78, 5) is 40.5. The van der Waals surface area contributed by atoms with E-state index in [-0.39, 0.29) is 37.4 Å². The zero-order valence-corrected chi connectivity index (χ0v) is 20.1. The Hall–Kier alpha value is -4.19. The molecule has 9 nitrogen and oxygen atoms in total. The van der Waals surface area contributed by atoms with Crippen molar-refractivity contribution in [1.82, 2.24) is 15.4 Å². The largest absolute Gasteiger partial charge is 0.469 e. The first-order chi connectivity index (χ1) is 17.7. The quantitative estimate of drug-likeness (QED) is 0.308. The summed E-state index contributed by atoms with van der Waals surface area (Å²) in [6.45, 7) is 0.614. The summed E-state index contributed by atoms with van der Waals surface area (Å²) >= 11 is 0. The van der Waals surface area contributed by atoms with Crippen molar-refractivity contribution in [2.24, 2.45) is 0 Å². The van der Waals surface area contributed by atoms with Gasteiger partial charge in [0.2, 0.25) is 5.91 Å². The molecule has 0 aliphatic carbocycles. The molecule has 0 saturated carbocycles. The topological polar surface area (TPSA) is 110 Å². The number of amides is 2. The van der Waals surface area contributed by atoms with Crippen molar-refractivity contribution in [1.29, 1.82) is 0 Å². The molecule has 0 spiro atoms. The Balaban J connectivity index is 1.69. The molecule has 0 fully saturated rings. The first kappa shape index (κ1) is 27.4. The summed E-state index contributed by atoms with van der Waals surface area (Å²) in [6, 6.07) is 8.36. The number of hydrogen-bond acceptors (Lipinski definition) is 7. The monoisotopic (exact) mass is 518 g/mol. The average molecular weight is 518 g/mol. The van der Waals surface area contributed by atoms with Crippen LogP contribution in [0.2, 0.25) is 0 Å². The van der Waals surface area contributed by atoms with Crippen LogP contribution in [0.3, 0.4) is 0 Å². The van der Waals surface area contributed by atoms with E-state index in [1.807, 2.05) is 0 Å². The number of nitrogens with one attached hydrogen (secondary N) is 2. The van der Waals surface area contributed by atoms with E-state index < -0.39 is 41.5 Å².